The summed E-state index contributed by atoms with van der Waals surface area (Å²) in [6.45, 7) is 3.79. The minimum absolute atomic E-state index is 0.0397. The zero-order valence-electron chi connectivity index (χ0n) is 14.8. The summed E-state index contributed by atoms with van der Waals surface area (Å²) in [6.07, 6.45) is -1.63. The molecule has 144 valence electrons. The van der Waals surface area contributed by atoms with Gasteiger partial charge in [0, 0.05) is 24.2 Å². The van der Waals surface area contributed by atoms with Gasteiger partial charge >= 0.3 is 0 Å². The van der Waals surface area contributed by atoms with Crippen molar-refractivity contribution in [3.8, 4) is 5.75 Å². The van der Waals surface area contributed by atoms with E-state index in [1.165, 1.54) is 37.3 Å². The van der Waals surface area contributed by atoms with Crippen LogP contribution in [0, 0.1) is 6.92 Å². The second-order valence-electron chi connectivity index (χ2n) is 6.21. The maximum atomic E-state index is 12.8. The molecular weight excluding hydrogens is 372 g/mol. The van der Waals surface area contributed by atoms with Gasteiger partial charge in [0.15, 0.2) is 6.29 Å². The first-order chi connectivity index (χ1) is 12.7. The summed E-state index contributed by atoms with van der Waals surface area (Å²) in [5.41, 5.74) is 1.55. The van der Waals surface area contributed by atoms with E-state index in [2.05, 4.69) is 4.72 Å². The van der Waals surface area contributed by atoms with Crippen LogP contribution in [-0.4, -0.2) is 37.7 Å². The smallest absolute Gasteiger partial charge is 0.262 e. The van der Waals surface area contributed by atoms with Crippen molar-refractivity contribution >= 4 is 27.3 Å². The van der Waals surface area contributed by atoms with Crippen molar-refractivity contribution < 1.29 is 28.2 Å². The van der Waals surface area contributed by atoms with E-state index in [0.29, 0.717) is 23.5 Å². The largest absolute Gasteiger partial charge is 0.489 e. The molecule has 1 heterocycles. The van der Waals surface area contributed by atoms with Gasteiger partial charge in [0.05, 0.1) is 17.1 Å². The average molecular weight is 392 g/mol. The first kappa shape index (κ1) is 19.2. The van der Waals surface area contributed by atoms with Crippen molar-refractivity contribution in [1.29, 1.82) is 0 Å². The van der Waals surface area contributed by atoms with E-state index in [9.17, 15) is 13.2 Å². The normalized spacial score (nSPS) is 13.9. The molecule has 9 heteroatoms. The third-order valence-corrected chi connectivity index (χ3v) is 5.77. The molecule has 27 heavy (non-hydrogen) atoms. The Morgan fingerprint density at radius 2 is 1.89 bits per heavy atom. The van der Waals surface area contributed by atoms with Gasteiger partial charge in [-0.25, -0.2) is 8.42 Å². The van der Waals surface area contributed by atoms with Crippen LogP contribution in [0.1, 0.15) is 24.3 Å². The fourth-order valence-electron chi connectivity index (χ4n) is 2.90. The molecule has 0 unspecified atom stereocenters. The lowest BCUT2D eigenvalue weighted by molar-refractivity contribution is -0.116. The van der Waals surface area contributed by atoms with E-state index in [4.69, 9.17) is 14.9 Å². The van der Waals surface area contributed by atoms with E-state index in [1.807, 2.05) is 0 Å². The molecule has 1 amide bonds. The second-order valence-corrected chi connectivity index (χ2v) is 7.86. The van der Waals surface area contributed by atoms with E-state index >= 15 is 0 Å². The highest BCUT2D eigenvalue weighted by molar-refractivity contribution is 7.92. The lowest BCUT2D eigenvalue weighted by atomic mass is 10.1. The number of hydrogen-bond donors (Lipinski definition) is 3. The van der Waals surface area contributed by atoms with Gasteiger partial charge in [-0.2, -0.15) is 0 Å². The van der Waals surface area contributed by atoms with Crippen molar-refractivity contribution in [3.05, 3.63) is 47.5 Å². The Kier molecular flexibility index (Phi) is 5.09. The molecule has 0 atom stereocenters. The number of nitrogens with one attached hydrogen (secondary N) is 1. The van der Waals surface area contributed by atoms with Crippen LogP contribution in [0.5, 0.6) is 5.75 Å². The molecule has 0 fully saturated rings. The number of aliphatic hydroxyl groups is 2. The van der Waals surface area contributed by atoms with Crippen LogP contribution in [0.4, 0.5) is 11.4 Å². The molecule has 0 radical (unpaired) electrons. The van der Waals surface area contributed by atoms with Gasteiger partial charge in [0.2, 0.25) is 5.91 Å². The number of amides is 1. The molecule has 0 bridgehead atoms. The summed E-state index contributed by atoms with van der Waals surface area (Å²) in [5.74, 6) is 0.194. The topological polar surface area (TPSA) is 116 Å². The Hall–Kier alpha value is -2.62. The van der Waals surface area contributed by atoms with Crippen LogP contribution < -0.4 is 14.4 Å². The van der Waals surface area contributed by atoms with Crippen LogP contribution in [0.25, 0.3) is 0 Å². The molecule has 1 aliphatic rings. The van der Waals surface area contributed by atoms with Crippen molar-refractivity contribution in [2.75, 3.05) is 22.8 Å². The minimum atomic E-state index is -3.91. The van der Waals surface area contributed by atoms with Gasteiger partial charge in [-0.3, -0.25) is 9.52 Å². The van der Waals surface area contributed by atoms with Crippen molar-refractivity contribution in [3.63, 3.8) is 0 Å². The number of benzene rings is 2. The van der Waals surface area contributed by atoms with Crippen LogP contribution in [0.3, 0.4) is 0 Å². The Bertz CT molecular complexity index is 970. The molecule has 0 saturated carbocycles. The van der Waals surface area contributed by atoms with Gasteiger partial charge < -0.3 is 19.8 Å². The van der Waals surface area contributed by atoms with Crippen molar-refractivity contribution in [2.45, 2.75) is 25.0 Å². The Morgan fingerprint density at radius 1 is 1.22 bits per heavy atom. The molecule has 0 aromatic heterocycles. The van der Waals surface area contributed by atoms with Crippen LogP contribution >= 0.6 is 0 Å². The lowest BCUT2D eigenvalue weighted by Gasteiger charge is -2.29. The van der Waals surface area contributed by atoms with Crippen LogP contribution in [0.2, 0.25) is 0 Å². The van der Waals surface area contributed by atoms with E-state index in [-0.39, 0.29) is 28.7 Å². The lowest BCUT2D eigenvalue weighted by Crippen LogP contribution is -2.36. The predicted octanol–water partition coefficient (Wildman–Crippen LogP) is 1.52. The standard InChI is InChI=1S/C18H20N2O6S/c1-11-9-15-16(26-8-7-20(15)12(2)21)10-17(11)27(24,25)19-14-5-3-13(4-6-14)18(22)23/h3-6,9-10,18-19,22-23H,7-8H2,1-2H3. The molecule has 2 aromatic rings. The summed E-state index contributed by atoms with van der Waals surface area (Å²) in [6, 6.07) is 8.73. The number of rotatable bonds is 4. The number of nitrogens with zero attached hydrogens (tertiary/aromatic N) is 1. The third-order valence-electron chi connectivity index (χ3n) is 4.25. The van der Waals surface area contributed by atoms with Gasteiger partial charge in [-0.15, -0.1) is 0 Å². The van der Waals surface area contributed by atoms with Gasteiger partial charge in [0.1, 0.15) is 12.4 Å². The molecule has 1 aliphatic heterocycles. The first-order valence-electron chi connectivity index (χ1n) is 8.23. The van der Waals surface area contributed by atoms with Gasteiger partial charge in [-0.1, -0.05) is 12.1 Å². The zero-order valence-corrected chi connectivity index (χ0v) is 15.7. The minimum Gasteiger partial charge on any atom is -0.489 e. The molecule has 3 rings (SSSR count). The van der Waals surface area contributed by atoms with Crippen molar-refractivity contribution in [2.24, 2.45) is 0 Å². The second kappa shape index (κ2) is 7.18. The molecule has 2 aromatic carbocycles. The highest BCUT2D eigenvalue weighted by atomic mass is 32.2. The Morgan fingerprint density at radius 3 is 2.48 bits per heavy atom. The maximum absolute atomic E-state index is 12.8. The first-order valence-corrected chi connectivity index (χ1v) is 9.72. The number of aliphatic hydroxyl groups excluding tert-OH is 1. The number of fused-ring (bicyclic) bond motifs is 1. The molecule has 3 N–H and O–H groups in total. The molecule has 8 nitrogen and oxygen atoms in total. The van der Waals surface area contributed by atoms with Gasteiger partial charge in [-0.05, 0) is 30.7 Å². The predicted molar refractivity (Wildman–Crippen MR) is 99.1 cm³/mol. The fraction of sp³-hybridized carbons (Fsp3) is 0.278. The Balaban J connectivity index is 1.94. The maximum Gasteiger partial charge on any atom is 0.262 e. The summed E-state index contributed by atoms with van der Waals surface area (Å²) < 4.78 is 33.6. The number of sulfonamides is 1. The monoisotopic (exact) mass is 392 g/mol. The number of aryl methyl sites for hydroxylation is 1. The SMILES string of the molecule is CC(=O)N1CCOc2cc(S(=O)(=O)Nc3ccc(C(O)O)cc3)c(C)cc21. The number of carbonyl (C=O) groups excluding carboxylic acids is 1. The highest BCUT2D eigenvalue weighted by Gasteiger charge is 2.26. The van der Waals surface area contributed by atoms with Crippen LogP contribution in [-0.2, 0) is 14.8 Å². The number of ether oxygens (including phenoxy) is 1. The van der Waals surface area contributed by atoms with Crippen LogP contribution in [0.15, 0.2) is 41.3 Å². The quantitative estimate of drug-likeness (QED) is 0.680. The molecule has 0 saturated heterocycles. The molecule has 0 aliphatic carbocycles. The molecular formula is C18H20N2O6S. The summed E-state index contributed by atoms with van der Waals surface area (Å²) in [4.78, 5) is 13.4. The third kappa shape index (κ3) is 3.90. The van der Waals surface area contributed by atoms with E-state index in [1.54, 1.807) is 17.9 Å². The average Bonchev–Trinajstić information content (AvgIpc) is 2.60. The fourth-order valence-corrected chi connectivity index (χ4v) is 4.20. The Labute approximate surface area is 157 Å². The van der Waals surface area contributed by atoms with E-state index < -0.39 is 16.3 Å². The summed E-state index contributed by atoms with van der Waals surface area (Å²) in [7, 11) is -3.91. The summed E-state index contributed by atoms with van der Waals surface area (Å²) >= 11 is 0. The zero-order chi connectivity index (χ0) is 19.8. The summed E-state index contributed by atoms with van der Waals surface area (Å²) in [5, 5.41) is 18.2. The number of hydrogen-bond acceptors (Lipinski definition) is 6. The van der Waals surface area contributed by atoms with Gasteiger partial charge in [0.25, 0.3) is 10.0 Å². The number of carbonyl (C=O) groups is 1. The van der Waals surface area contributed by atoms with Crippen molar-refractivity contribution in [1.82, 2.24) is 0 Å². The highest BCUT2D eigenvalue weighted by Crippen LogP contribution is 2.36. The molecule has 0 spiro atoms. The number of anilines is 2. The van der Waals surface area contributed by atoms with E-state index in [0.717, 1.165) is 0 Å².